The van der Waals surface area contributed by atoms with Crippen molar-refractivity contribution in [3.63, 3.8) is 0 Å². The molecular weight excluding hydrogens is 278 g/mol. The second-order valence-electron chi connectivity index (χ2n) is 4.87. The van der Waals surface area contributed by atoms with Gasteiger partial charge in [-0.15, -0.1) is 0 Å². The molecule has 1 saturated heterocycles. The van der Waals surface area contributed by atoms with Gasteiger partial charge in [0, 0.05) is 30.2 Å². The van der Waals surface area contributed by atoms with Crippen LogP contribution in [0.15, 0.2) is 18.2 Å². The van der Waals surface area contributed by atoms with Gasteiger partial charge in [-0.05, 0) is 31.5 Å². The lowest BCUT2D eigenvalue weighted by Crippen LogP contribution is -2.37. The average molecular weight is 300 g/mol. The van der Waals surface area contributed by atoms with Crippen molar-refractivity contribution < 1.29 is 14.6 Å². The number of benzene rings is 1. The number of halogens is 1. The summed E-state index contributed by atoms with van der Waals surface area (Å²) in [5.74, 6) is 0.714. The van der Waals surface area contributed by atoms with Crippen molar-refractivity contribution in [1.29, 1.82) is 0 Å². The highest BCUT2D eigenvalue weighted by atomic mass is 35.5. The zero-order chi connectivity index (χ0) is 14.4. The predicted molar refractivity (Wildman–Crippen MR) is 79.5 cm³/mol. The van der Waals surface area contributed by atoms with Crippen LogP contribution in [0, 0.1) is 0 Å². The van der Waals surface area contributed by atoms with Gasteiger partial charge in [0.25, 0.3) is 0 Å². The Kier molecular flexibility index (Phi) is 6.10. The molecule has 2 rings (SSSR count). The van der Waals surface area contributed by atoms with E-state index in [2.05, 4.69) is 4.90 Å². The molecule has 112 valence electrons. The van der Waals surface area contributed by atoms with Gasteiger partial charge in [0.2, 0.25) is 0 Å². The summed E-state index contributed by atoms with van der Waals surface area (Å²) in [6.45, 7) is 6.77. The highest BCUT2D eigenvalue weighted by molar-refractivity contribution is 6.30. The zero-order valence-corrected chi connectivity index (χ0v) is 12.6. The number of hydrogen-bond acceptors (Lipinski definition) is 4. The Morgan fingerprint density at radius 1 is 1.40 bits per heavy atom. The maximum Gasteiger partial charge on any atom is 0.125 e. The summed E-state index contributed by atoms with van der Waals surface area (Å²) in [5, 5.41) is 11.0. The van der Waals surface area contributed by atoms with Gasteiger partial charge in [0.15, 0.2) is 0 Å². The fourth-order valence-electron chi connectivity index (χ4n) is 2.35. The van der Waals surface area contributed by atoms with Crippen molar-refractivity contribution in [2.45, 2.75) is 19.4 Å². The molecule has 20 heavy (non-hydrogen) atoms. The molecule has 1 unspecified atom stereocenters. The molecule has 1 aromatic rings. The Morgan fingerprint density at radius 3 is 2.85 bits per heavy atom. The fraction of sp³-hybridized carbons (Fsp3) is 0.600. The van der Waals surface area contributed by atoms with E-state index in [-0.39, 0.29) is 0 Å². The molecule has 0 saturated carbocycles. The number of nitrogens with zero attached hydrogens (tertiary/aromatic N) is 1. The predicted octanol–water partition coefficient (Wildman–Crippen LogP) is 2.49. The highest BCUT2D eigenvalue weighted by Crippen LogP contribution is 2.30. The molecule has 0 amide bonds. The summed E-state index contributed by atoms with van der Waals surface area (Å²) >= 11 is 6.02. The first-order chi connectivity index (χ1) is 9.70. The normalized spacial score (nSPS) is 17.9. The lowest BCUT2D eigenvalue weighted by Gasteiger charge is -2.27. The van der Waals surface area contributed by atoms with Crippen LogP contribution in [0.25, 0.3) is 0 Å². The van der Waals surface area contributed by atoms with Gasteiger partial charge in [-0.3, -0.25) is 4.90 Å². The summed E-state index contributed by atoms with van der Waals surface area (Å²) in [6, 6.07) is 5.39. The van der Waals surface area contributed by atoms with Crippen molar-refractivity contribution in [3.05, 3.63) is 28.8 Å². The Labute approximate surface area is 125 Å². The first kappa shape index (κ1) is 15.6. The monoisotopic (exact) mass is 299 g/mol. The number of hydrogen-bond donors (Lipinski definition) is 1. The average Bonchev–Trinajstić information content (AvgIpc) is 2.48. The zero-order valence-electron chi connectivity index (χ0n) is 11.8. The lowest BCUT2D eigenvalue weighted by molar-refractivity contribution is 0.0298. The van der Waals surface area contributed by atoms with Crippen LogP contribution in [0.5, 0.6) is 5.75 Å². The molecule has 4 nitrogen and oxygen atoms in total. The minimum absolute atomic E-state index is 0.557. The molecule has 0 aromatic heterocycles. The molecular formula is C15H22ClNO3. The van der Waals surface area contributed by atoms with E-state index in [1.165, 1.54) is 0 Å². The summed E-state index contributed by atoms with van der Waals surface area (Å²) in [6.07, 6.45) is 0.110. The molecule has 1 aliphatic heterocycles. The Bertz CT molecular complexity index is 422. The maximum atomic E-state index is 10.4. The summed E-state index contributed by atoms with van der Waals surface area (Å²) < 4.78 is 10.9. The van der Waals surface area contributed by atoms with Crippen LogP contribution in [-0.4, -0.2) is 49.5 Å². The number of morpholine rings is 1. The van der Waals surface area contributed by atoms with Gasteiger partial charge in [-0.25, -0.2) is 0 Å². The van der Waals surface area contributed by atoms with Gasteiger partial charge >= 0.3 is 0 Å². The second kappa shape index (κ2) is 7.84. The van der Waals surface area contributed by atoms with Crippen LogP contribution < -0.4 is 4.74 Å². The van der Waals surface area contributed by atoms with E-state index in [9.17, 15) is 5.11 Å². The first-order valence-corrected chi connectivity index (χ1v) is 7.49. The molecule has 1 aromatic carbocycles. The molecule has 0 spiro atoms. The Balaban J connectivity index is 1.96. The van der Waals surface area contributed by atoms with E-state index in [1.54, 1.807) is 12.1 Å². The third-order valence-corrected chi connectivity index (χ3v) is 3.69. The van der Waals surface area contributed by atoms with Crippen LogP contribution in [0.1, 0.15) is 25.0 Å². The summed E-state index contributed by atoms with van der Waals surface area (Å²) in [5.41, 5.74) is 0.771. The van der Waals surface area contributed by atoms with Crippen LogP contribution in [0.2, 0.25) is 5.02 Å². The van der Waals surface area contributed by atoms with Gasteiger partial charge in [0.05, 0.1) is 25.9 Å². The topological polar surface area (TPSA) is 41.9 Å². The van der Waals surface area contributed by atoms with E-state index >= 15 is 0 Å². The van der Waals surface area contributed by atoms with E-state index in [1.807, 2.05) is 13.0 Å². The smallest absolute Gasteiger partial charge is 0.125 e. The number of aliphatic hydroxyl groups is 1. The van der Waals surface area contributed by atoms with Crippen molar-refractivity contribution >= 4 is 11.6 Å². The van der Waals surface area contributed by atoms with Crippen LogP contribution in [-0.2, 0) is 4.74 Å². The quantitative estimate of drug-likeness (QED) is 0.876. The van der Waals surface area contributed by atoms with Gasteiger partial charge in [-0.2, -0.15) is 0 Å². The number of aliphatic hydroxyl groups excluding tert-OH is 1. The van der Waals surface area contributed by atoms with Gasteiger partial charge in [0.1, 0.15) is 5.75 Å². The molecule has 1 aliphatic rings. The van der Waals surface area contributed by atoms with E-state index in [0.29, 0.717) is 23.8 Å². The molecule has 5 heteroatoms. The molecule has 1 fully saturated rings. The lowest BCUT2D eigenvalue weighted by atomic mass is 10.0. The van der Waals surface area contributed by atoms with Crippen molar-refractivity contribution in [2.75, 3.05) is 39.5 Å². The molecule has 0 aliphatic carbocycles. The van der Waals surface area contributed by atoms with Crippen LogP contribution >= 0.6 is 11.6 Å². The molecule has 1 atom stereocenters. The van der Waals surface area contributed by atoms with Crippen molar-refractivity contribution in [1.82, 2.24) is 4.90 Å². The number of ether oxygens (including phenoxy) is 2. The minimum Gasteiger partial charge on any atom is -0.493 e. The Morgan fingerprint density at radius 2 is 2.15 bits per heavy atom. The second-order valence-corrected chi connectivity index (χ2v) is 5.31. The molecule has 0 radical (unpaired) electrons. The van der Waals surface area contributed by atoms with Gasteiger partial charge < -0.3 is 14.6 Å². The largest absolute Gasteiger partial charge is 0.493 e. The highest BCUT2D eigenvalue weighted by Gasteiger charge is 2.17. The summed E-state index contributed by atoms with van der Waals surface area (Å²) in [7, 11) is 0. The maximum absolute atomic E-state index is 10.4. The third-order valence-electron chi connectivity index (χ3n) is 3.45. The van der Waals surface area contributed by atoms with E-state index in [0.717, 1.165) is 38.4 Å². The van der Waals surface area contributed by atoms with Crippen molar-refractivity contribution in [2.24, 2.45) is 0 Å². The van der Waals surface area contributed by atoms with E-state index < -0.39 is 6.10 Å². The van der Waals surface area contributed by atoms with Crippen LogP contribution in [0.3, 0.4) is 0 Å². The van der Waals surface area contributed by atoms with E-state index in [4.69, 9.17) is 21.1 Å². The summed E-state index contributed by atoms with van der Waals surface area (Å²) in [4.78, 5) is 2.30. The molecule has 1 heterocycles. The minimum atomic E-state index is -0.557. The van der Waals surface area contributed by atoms with Gasteiger partial charge in [-0.1, -0.05) is 11.6 Å². The number of rotatable bonds is 6. The molecule has 0 bridgehead atoms. The standard InChI is InChI=1S/C15H22ClNO3/c1-2-20-15-4-3-12(16)11-13(15)14(18)5-6-17-7-9-19-10-8-17/h3-4,11,14,18H,2,5-10H2,1H3. The van der Waals surface area contributed by atoms with Crippen LogP contribution in [0.4, 0.5) is 0 Å². The third kappa shape index (κ3) is 4.35. The first-order valence-electron chi connectivity index (χ1n) is 7.11. The van der Waals surface area contributed by atoms with Crippen molar-refractivity contribution in [3.8, 4) is 5.75 Å². The fourth-order valence-corrected chi connectivity index (χ4v) is 2.53. The molecule has 1 N–H and O–H groups in total. The SMILES string of the molecule is CCOc1ccc(Cl)cc1C(O)CCN1CCOCC1. The Hall–Kier alpha value is -0.810.